The summed E-state index contributed by atoms with van der Waals surface area (Å²) in [4.78, 5) is 27.9. The van der Waals surface area contributed by atoms with Crippen molar-refractivity contribution in [3.8, 4) is 0 Å². The number of carbonyl (C=O) groups excluding carboxylic acids is 2. The van der Waals surface area contributed by atoms with E-state index in [1.807, 2.05) is 49.4 Å². The van der Waals surface area contributed by atoms with Gasteiger partial charge in [0, 0.05) is 23.5 Å². The van der Waals surface area contributed by atoms with Crippen molar-refractivity contribution in [2.75, 3.05) is 12.8 Å². The molecule has 0 heterocycles. The summed E-state index contributed by atoms with van der Waals surface area (Å²) in [5.74, 6) is 0.0641. The zero-order valence-corrected chi connectivity index (χ0v) is 16.5. The van der Waals surface area contributed by atoms with Crippen LogP contribution in [0, 0.1) is 0 Å². The number of carbonyl (C=O) groups is 2. The van der Waals surface area contributed by atoms with Gasteiger partial charge in [-0.2, -0.15) is 0 Å². The maximum Gasteiger partial charge on any atom is 0.242 e. The quantitative estimate of drug-likeness (QED) is 0.693. The summed E-state index contributed by atoms with van der Waals surface area (Å²) in [6.45, 7) is 2.28. The summed E-state index contributed by atoms with van der Waals surface area (Å²) >= 11 is 7.42. The van der Waals surface area contributed by atoms with E-state index in [2.05, 4.69) is 5.32 Å². The summed E-state index contributed by atoms with van der Waals surface area (Å²) in [6.07, 6.45) is 0.551. The largest absolute Gasteiger partial charge is 0.357 e. The number of hydrogen-bond donors (Lipinski definition) is 1. The molecule has 0 radical (unpaired) electrons. The summed E-state index contributed by atoms with van der Waals surface area (Å²) in [5.41, 5.74) is 0.940. The summed E-state index contributed by atoms with van der Waals surface area (Å²) < 4.78 is 0. The van der Waals surface area contributed by atoms with Crippen LogP contribution in [0.5, 0.6) is 0 Å². The summed E-state index contributed by atoms with van der Waals surface area (Å²) in [6, 6.07) is 16.6. The molecule has 0 aliphatic carbocycles. The molecule has 0 spiro atoms. The first-order valence-corrected chi connectivity index (χ1v) is 9.84. The lowest BCUT2D eigenvalue weighted by molar-refractivity contribution is -0.139. The van der Waals surface area contributed by atoms with Crippen molar-refractivity contribution in [1.82, 2.24) is 10.2 Å². The van der Waals surface area contributed by atoms with Crippen molar-refractivity contribution in [3.05, 3.63) is 65.2 Å². The fraction of sp³-hybridized carbons (Fsp3) is 0.300. The Morgan fingerprint density at radius 3 is 2.35 bits per heavy atom. The van der Waals surface area contributed by atoms with E-state index in [1.54, 1.807) is 24.1 Å². The van der Waals surface area contributed by atoms with Gasteiger partial charge in [0.15, 0.2) is 0 Å². The number of halogens is 1. The minimum atomic E-state index is -0.500. The molecule has 6 heteroatoms. The fourth-order valence-corrected chi connectivity index (χ4v) is 3.55. The first-order valence-electron chi connectivity index (χ1n) is 8.48. The zero-order valence-electron chi connectivity index (χ0n) is 14.9. The van der Waals surface area contributed by atoms with E-state index >= 15 is 0 Å². The van der Waals surface area contributed by atoms with Crippen LogP contribution < -0.4 is 5.32 Å². The van der Waals surface area contributed by atoms with Crippen molar-refractivity contribution >= 4 is 35.2 Å². The summed E-state index contributed by atoms with van der Waals surface area (Å²) in [7, 11) is 1.59. The SMILES string of the molecule is CC[C@H](C(=O)NC)N(Cc1ccc(Cl)cc1)C(=O)CSc1ccccc1. The maximum atomic E-state index is 12.9. The van der Waals surface area contributed by atoms with Gasteiger partial charge in [0.1, 0.15) is 6.04 Å². The predicted molar refractivity (Wildman–Crippen MR) is 107 cm³/mol. The standard InChI is InChI=1S/C20H23ClN2O2S/c1-3-18(20(25)22-2)23(13-15-9-11-16(21)12-10-15)19(24)14-26-17-7-5-4-6-8-17/h4-12,18H,3,13-14H2,1-2H3,(H,22,25)/t18-/m1/s1. The number of nitrogens with zero attached hydrogens (tertiary/aromatic N) is 1. The number of thioether (sulfide) groups is 1. The van der Waals surface area contributed by atoms with Crippen molar-refractivity contribution in [2.24, 2.45) is 0 Å². The second-order valence-corrected chi connectivity index (χ2v) is 7.27. The number of rotatable bonds is 8. The maximum absolute atomic E-state index is 12.9. The van der Waals surface area contributed by atoms with Gasteiger partial charge >= 0.3 is 0 Å². The zero-order chi connectivity index (χ0) is 18.9. The van der Waals surface area contributed by atoms with Gasteiger partial charge in [-0.15, -0.1) is 11.8 Å². The molecule has 26 heavy (non-hydrogen) atoms. The Balaban J connectivity index is 2.16. The lowest BCUT2D eigenvalue weighted by Gasteiger charge is -2.30. The number of benzene rings is 2. The highest BCUT2D eigenvalue weighted by Gasteiger charge is 2.27. The van der Waals surface area contributed by atoms with E-state index in [9.17, 15) is 9.59 Å². The highest BCUT2D eigenvalue weighted by atomic mass is 35.5. The van der Waals surface area contributed by atoms with Crippen molar-refractivity contribution < 1.29 is 9.59 Å². The Kier molecular flexibility index (Phi) is 8.01. The van der Waals surface area contributed by atoms with Gasteiger partial charge < -0.3 is 10.2 Å². The van der Waals surface area contributed by atoms with Gasteiger partial charge in [-0.1, -0.05) is 48.9 Å². The molecular weight excluding hydrogens is 368 g/mol. The third-order valence-corrected chi connectivity index (χ3v) is 5.25. The van der Waals surface area contributed by atoms with Gasteiger partial charge in [-0.05, 0) is 36.2 Å². The second-order valence-electron chi connectivity index (χ2n) is 5.79. The molecule has 2 aromatic carbocycles. The van der Waals surface area contributed by atoms with Gasteiger partial charge in [0.2, 0.25) is 11.8 Å². The fourth-order valence-electron chi connectivity index (χ4n) is 2.62. The van der Waals surface area contributed by atoms with Crippen LogP contribution >= 0.6 is 23.4 Å². The number of likely N-dealkylation sites (N-methyl/N-ethyl adjacent to an activating group) is 1. The van der Waals surface area contributed by atoms with Crippen molar-refractivity contribution in [2.45, 2.75) is 30.8 Å². The molecule has 0 aromatic heterocycles. The Morgan fingerprint density at radius 2 is 1.77 bits per heavy atom. The monoisotopic (exact) mass is 390 g/mol. The van der Waals surface area contributed by atoms with E-state index in [-0.39, 0.29) is 17.6 Å². The van der Waals surface area contributed by atoms with Gasteiger partial charge in [0.05, 0.1) is 5.75 Å². The third-order valence-electron chi connectivity index (χ3n) is 4.00. The Morgan fingerprint density at radius 1 is 1.12 bits per heavy atom. The van der Waals surface area contributed by atoms with Crippen LogP contribution in [-0.4, -0.2) is 35.6 Å². The van der Waals surface area contributed by atoms with E-state index < -0.39 is 6.04 Å². The Bertz CT molecular complexity index is 722. The van der Waals surface area contributed by atoms with Crippen molar-refractivity contribution in [1.29, 1.82) is 0 Å². The minimum absolute atomic E-state index is 0.0655. The molecule has 0 saturated carbocycles. The van der Waals surface area contributed by atoms with Crippen LogP contribution in [0.3, 0.4) is 0 Å². The third kappa shape index (κ3) is 5.78. The molecule has 0 aliphatic rings. The molecule has 2 aromatic rings. The van der Waals surface area contributed by atoms with Crippen molar-refractivity contribution in [3.63, 3.8) is 0 Å². The first kappa shape index (κ1) is 20.3. The molecule has 1 N–H and O–H groups in total. The molecule has 0 aliphatic heterocycles. The lowest BCUT2D eigenvalue weighted by Crippen LogP contribution is -2.48. The van der Waals surface area contributed by atoms with E-state index in [4.69, 9.17) is 11.6 Å². The van der Waals surface area contributed by atoms with Crippen LogP contribution in [0.4, 0.5) is 0 Å². The molecule has 0 saturated heterocycles. The molecule has 0 unspecified atom stereocenters. The normalized spacial score (nSPS) is 11.7. The molecule has 1 atom stereocenters. The Hall–Kier alpha value is -1.98. The topological polar surface area (TPSA) is 49.4 Å². The average Bonchev–Trinajstić information content (AvgIpc) is 2.68. The summed E-state index contributed by atoms with van der Waals surface area (Å²) in [5, 5.41) is 3.30. The second kappa shape index (κ2) is 10.2. The van der Waals surface area contributed by atoms with Crippen LogP contribution in [0.15, 0.2) is 59.5 Å². The molecular formula is C20H23ClN2O2S. The van der Waals surface area contributed by atoms with Crippen LogP contribution in [0.1, 0.15) is 18.9 Å². The highest BCUT2D eigenvalue weighted by molar-refractivity contribution is 8.00. The van der Waals surface area contributed by atoms with Crippen LogP contribution in [0.2, 0.25) is 5.02 Å². The van der Waals surface area contributed by atoms with Gasteiger partial charge in [-0.3, -0.25) is 9.59 Å². The number of amides is 2. The van der Waals surface area contributed by atoms with Crippen LogP contribution in [0.25, 0.3) is 0 Å². The van der Waals surface area contributed by atoms with Crippen LogP contribution in [-0.2, 0) is 16.1 Å². The molecule has 4 nitrogen and oxygen atoms in total. The number of nitrogens with one attached hydrogen (secondary N) is 1. The Labute approximate surface area is 163 Å². The predicted octanol–water partition coefficient (Wildman–Crippen LogP) is 3.99. The smallest absolute Gasteiger partial charge is 0.242 e. The molecule has 0 bridgehead atoms. The number of hydrogen-bond acceptors (Lipinski definition) is 3. The molecule has 2 rings (SSSR count). The molecule has 138 valence electrons. The average molecular weight is 391 g/mol. The van der Waals surface area contributed by atoms with E-state index in [0.29, 0.717) is 18.0 Å². The highest BCUT2D eigenvalue weighted by Crippen LogP contribution is 2.20. The van der Waals surface area contributed by atoms with E-state index in [1.165, 1.54) is 11.8 Å². The molecule has 2 amide bonds. The van der Waals surface area contributed by atoms with E-state index in [0.717, 1.165) is 10.5 Å². The van der Waals surface area contributed by atoms with Gasteiger partial charge in [-0.25, -0.2) is 0 Å². The minimum Gasteiger partial charge on any atom is -0.357 e. The van der Waals surface area contributed by atoms with Gasteiger partial charge in [0.25, 0.3) is 0 Å². The first-order chi connectivity index (χ1) is 12.5. The molecule has 0 fully saturated rings. The lowest BCUT2D eigenvalue weighted by atomic mass is 10.1.